The molecule has 1 aromatic carbocycles. The highest BCUT2D eigenvalue weighted by Gasteiger charge is 2.32. The van der Waals surface area contributed by atoms with Crippen molar-refractivity contribution in [3.8, 4) is 0 Å². The molecular formula is C16H25N2O+. The summed E-state index contributed by atoms with van der Waals surface area (Å²) in [5, 5.41) is 3.04. The number of hydrogen-bond donors (Lipinski definition) is 1. The molecule has 1 N–H and O–H groups in total. The second-order valence-electron chi connectivity index (χ2n) is 6.24. The molecule has 1 aliphatic rings. The van der Waals surface area contributed by atoms with E-state index in [0.29, 0.717) is 12.6 Å². The van der Waals surface area contributed by atoms with Crippen LogP contribution < -0.4 is 5.32 Å². The molecule has 0 bridgehead atoms. The van der Waals surface area contributed by atoms with E-state index in [2.05, 4.69) is 19.4 Å². The smallest absolute Gasteiger partial charge is 0.279 e. The highest BCUT2D eigenvalue weighted by atomic mass is 16.2. The molecule has 1 aliphatic carbocycles. The fourth-order valence-corrected chi connectivity index (χ4v) is 3.01. The number of aryl methyl sites for hydroxylation is 1. The number of carbonyl (C=O) groups is 1. The van der Waals surface area contributed by atoms with E-state index in [0.717, 1.165) is 15.7 Å². The van der Waals surface area contributed by atoms with Crippen LogP contribution in [0.4, 0.5) is 5.69 Å². The van der Waals surface area contributed by atoms with Gasteiger partial charge in [-0.05, 0) is 44.2 Å². The Balaban J connectivity index is 1.95. The Hall–Kier alpha value is -1.35. The predicted molar refractivity (Wildman–Crippen MR) is 79.0 cm³/mol. The van der Waals surface area contributed by atoms with Crippen LogP contribution in [-0.4, -0.2) is 37.1 Å². The summed E-state index contributed by atoms with van der Waals surface area (Å²) in [7, 11) is 4.35. The molecule has 0 atom stereocenters. The number of hydrogen-bond acceptors (Lipinski definition) is 1. The summed E-state index contributed by atoms with van der Waals surface area (Å²) >= 11 is 0. The zero-order chi connectivity index (χ0) is 13.9. The number of anilines is 1. The van der Waals surface area contributed by atoms with Gasteiger partial charge in [0.1, 0.15) is 0 Å². The van der Waals surface area contributed by atoms with Crippen molar-refractivity contribution in [1.82, 2.24) is 0 Å². The van der Waals surface area contributed by atoms with Gasteiger partial charge in [0.05, 0.1) is 20.1 Å². The van der Waals surface area contributed by atoms with Gasteiger partial charge in [-0.2, -0.15) is 0 Å². The lowest BCUT2D eigenvalue weighted by molar-refractivity contribution is -0.906. The van der Waals surface area contributed by atoms with E-state index >= 15 is 0 Å². The molecule has 19 heavy (non-hydrogen) atoms. The molecule has 2 rings (SSSR count). The summed E-state index contributed by atoms with van der Waals surface area (Å²) < 4.78 is 0.803. The molecule has 1 amide bonds. The number of quaternary nitrogens is 1. The van der Waals surface area contributed by atoms with Crippen molar-refractivity contribution in [1.29, 1.82) is 0 Å². The molecule has 0 aliphatic heterocycles. The second-order valence-corrected chi connectivity index (χ2v) is 6.24. The van der Waals surface area contributed by atoms with Gasteiger partial charge in [0.25, 0.3) is 5.91 Å². The molecule has 1 fully saturated rings. The molecule has 3 nitrogen and oxygen atoms in total. The minimum Gasteiger partial charge on any atom is -0.321 e. The number of nitrogens with one attached hydrogen (secondary N) is 1. The number of amides is 1. The molecule has 0 saturated heterocycles. The van der Waals surface area contributed by atoms with Crippen molar-refractivity contribution >= 4 is 11.6 Å². The fraction of sp³-hybridized carbons (Fsp3) is 0.562. The summed E-state index contributed by atoms with van der Waals surface area (Å²) in [6.07, 6.45) is 5.13. The van der Waals surface area contributed by atoms with E-state index in [4.69, 9.17) is 0 Å². The van der Waals surface area contributed by atoms with E-state index in [1.54, 1.807) is 0 Å². The van der Waals surface area contributed by atoms with Crippen LogP contribution in [0.25, 0.3) is 0 Å². The Kier molecular flexibility index (Phi) is 4.25. The highest BCUT2D eigenvalue weighted by molar-refractivity contribution is 5.92. The summed E-state index contributed by atoms with van der Waals surface area (Å²) in [5.41, 5.74) is 2.04. The van der Waals surface area contributed by atoms with Gasteiger partial charge in [0.2, 0.25) is 0 Å². The lowest BCUT2D eigenvalue weighted by Gasteiger charge is -2.35. The van der Waals surface area contributed by atoms with Crippen molar-refractivity contribution < 1.29 is 9.28 Å². The molecule has 1 saturated carbocycles. The van der Waals surface area contributed by atoms with Gasteiger partial charge in [-0.25, -0.2) is 0 Å². The zero-order valence-corrected chi connectivity index (χ0v) is 12.3. The lowest BCUT2D eigenvalue weighted by Crippen LogP contribution is -2.51. The van der Waals surface area contributed by atoms with Crippen LogP contribution in [0.5, 0.6) is 0 Å². The minimum atomic E-state index is 0.117. The van der Waals surface area contributed by atoms with Crippen LogP contribution in [-0.2, 0) is 4.79 Å². The maximum Gasteiger partial charge on any atom is 0.279 e. The monoisotopic (exact) mass is 261 g/mol. The maximum absolute atomic E-state index is 12.2. The zero-order valence-electron chi connectivity index (χ0n) is 12.3. The summed E-state index contributed by atoms with van der Waals surface area (Å²) in [5.74, 6) is 0.117. The third kappa shape index (κ3) is 3.57. The predicted octanol–water partition coefficient (Wildman–Crippen LogP) is 2.95. The second kappa shape index (κ2) is 5.74. The minimum absolute atomic E-state index is 0.117. The van der Waals surface area contributed by atoms with Crippen LogP contribution in [0.2, 0.25) is 0 Å². The SMILES string of the molecule is Cc1ccccc1NC(=O)C[N+](C)(C)C1CCCC1. The van der Waals surface area contributed by atoms with E-state index in [9.17, 15) is 4.79 Å². The highest BCUT2D eigenvalue weighted by Crippen LogP contribution is 2.26. The first-order valence-corrected chi connectivity index (χ1v) is 7.17. The van der Waals surface area contributed by atoms with Gasteiger partial charge < -0.3 is 9.80 Å². The van der Waals surface area contributed by atoms with Crippen LogP contribution in [0, 0.1) is 6.92 Å². The molecule has 0 heterocycles. The lowest BCUT2D eigenvalue weighted by atomic mass is 10.1. The van der Waals surface area contributed by atoms with E-state index < -0.39 is 0 Å². The summed E-state index contributed by atoms with van der Waals surface area (Å²) in [6, 6.07) is 8.57. The number of rotatable bonds is 4. The van der Waals surface area contributed by atoms with E-state index in [1.807, 2.05) is 31.2 Å². The molecule has 3 heteroatoms. The number of carbonyl (C=O) groups excluding carboxylic acids is 1. The van der Waals surface area contributed by atoms with Gasteiger partial charge >= 0.3 is 0 Å². The largest absolute Gasteiger partial charge is 0.321 e. The van der Waals surface area contributed by atoms with Gasteiger partial charge in [-0.1, -0.05) is 18.2 Å². The van der Waals surface area contributed by atoms with Gasteiger partial charge in [0, 0.05) is 5.69 Å². The molecule has 0 unspecified atom stereocenters. The van der Waals surface area contributed by atoms with E-state index in [-0.39, 0.29) is 5.91 Å². The summed E-state index contributed by atoms with van der Waals surface area (Å²) in [6.45, 7) is 2.57. The first kappa shape index (κ1) is 14.1. The Morgan fingerprint density at radius 1 is 1.26 bits per heavy atom. The first-order chi connectivity index (χ1) is 8.99. The standard InChI is InChI=1S/C16H24N2O/c1-13-8-4-7-11-15(13)17-16(19)12-18(2,3)14-9-5-6-10-14/h4,7-8,11,14H,5-6,9-10,12H2,1-3H3/p+1. The average Bonchev–Trinajstić information content (AvgIpc) is 2.85. The summed E-state index contributed by atoms with van der Waals surface area (Å²) in [4.78, 5) is 12.2. The molecular weight excluding hydrogens is 236 g/mol. The number of nitrogens with zero attached hydrogens (tertiary/aromatic N) is 1. The quantitative estimate of drug-likeness (QED) is 0.830. The third-order valence-corrected chi connectivity index (χ3v) is 4.28. The molecule has 0 radical (unpaired) electrons. The van der Waals surface area contributed by atoms with Gasteiger partial charge in [0.15, 0.2) is 6.54 Å². The van der Waals surface area contributed by atoms with Gasteiger partial charge in [-0.15, -0.1) is 0 Å². The Labute approximate surface area is 116 Å². The van der Waals surface area contributed by atoms with Crippen molar-refractivity contribution in [2.24, 2.45) is 0 Å². The van der Waals surface area contributed by atoms with Crippen molar-refractivity contribution in [2.45, 2.75) is 38.6 Å². The molecule has 104 valence electrons. The van der Waals surface area contributed by atoms with Crippen LogP contribution in [0.1, 0.15) is 31.2 Å². The van der Waals surface area contributed by atoms with E-state index in [1.165, 1.54) is 25.7 Å². The third-order valence-electron chi connectivity index (χ3n) is 4.28. The number of para-hydroxylation sites is 1. The number of benzene rings is 1. The Morgan fingerprint density at radius 2 is 1.89 bits per heavy atom. The van der Waals surface area contributed by atoms with Crippen LogP contribution >= 0.6 is 0 Å². The average molecular weight is 261 g/mol. The van der Waals surface area contributed by atoms with Crippen LogP contribution in [0.3, 0.4) is 0 Å². The van der Waals surface area contributed by atoms with Crippen molar-refractivity contribution in [2.75, 3.05) is 26.0 Å². The first-order valence-electron chi connectivity index (χ1n) is 7.17. The normalized spacial score (nSPS) is 16.6. The van der Waals surface area contributed by atoms with Gasteiger partial charge in [-0.3, -0.25) is 4.79 Å². The molecule has 1 aromatic rings. The molecule has 0 spiro atoms. The maximum atomic E-state index is 12.2. The molecule has 0 aromatic heterocycles. The Morgan fingerprint density at radius 3 is 2.53 bits per heavy atom. The fourth-order valence-electron chi connectivity index (χ4n) is 3.01. The van der Waals surface area contributed by atoms with Crippen molar-refractivity contribution in [3.05, 3.63) is 29.8 Å². The topological polar surface area (TPSA) is 29.1 Å². The number of likely N-dealkylation sites (N-methyl/N-ethyl adjacent to an activating group) is 1. The van der Waals surface area contributed by atoms with Crippen LogP contribution in [0.15, 0.2) is 24.3 Å². The Bertz CT molecular complexity index is 448. The van der Waals surface area contributed by atoms with Crippen molar-refractivity contribution in [3.63, 3.8) is 0 Å².